The summed E-state index contributed by atoms with van der Waals surface area (Å²) in [7, 11) is 0. The van der Waals surface area contributed by atoms with Crippen molar-refractivity contribution >= 4 is 28.6 Å². The number of nitrogens with one attached hydrogen (secondary N) is 2. The van der Waals surface area contributed by atoms with E-state index in [2.05, 4.69) is 31.3 Å². The van der Waals surface area contributed by atoms with Gasteiger partial charge in [-0.3, -0.25) is 4.79 Å². The fourth-order valence-corrected chi connectivity index (χ4v) is 4.46. The van der Waals surface area contributed by atoms with Crippen molar-refractivity contribution in [3.05, 3.63) is 41.9 Å². The predicted octanol–water partition coefficient (Wildman–Crippen LogP) is 3.96. The summed E-state index contributed by atoms with van der Waals surface area (Å²) in [5.41, 5.74) is 1.59. The lowest BCUT2D eigenvalue weighted by molar-refractivity contribution is 0.0949. The maximum absolute atomic E-state index is 12.4. The number of hydrogen-bond acceptors (Lipinski definition) is 4. The van der Waals surface area contributed by atoms with Crippen molar-refractivity contribution in [3.63, 3.8) is 0 Å². The Morgan fingerprint density at radius 2 is 2.11 bits per heavy atom. The first-order chi connectivity index (χ1) is 13.3. The number of carbonyl (C=O) groups excluding carboxylic acids is 1. The van der Waals surface area contributed by atoms with Crippen LogP contribution in [0.5, 0.6) is 0 Å². The van der Waals surface area contributed by atoms with E-state index < -0.39 is 0 Å². The molecule has 0 spiro atoms. The number of fused-ring (bicyclic) bond motifs is 1. The summed E-state index contributed by atoms with van der Waals surface area (Å²) in [4.78, 5) is 15.5. The number of hydrogen-bond donors (Lipinski definition) is 2. The minimum atomic E-state index is -0.0618. The lowest BCUT2D eigenvalue weighted by Crippen LogP contribution is -2.25. The SMILES string of the molecule is CSc1nnc(CCCNC(=O)c2cc3ccccc3[nH]2)n1C1CCCC1. The quantitative estimate of drug-likeness (QED) is 0.478. The highest BCUT2D eigenvalue weighted by molar-refractivity contribution is 7.98. The monoisotopic (exact) mass is 383 g/mol. The second-order valence-corrected chi connectivity index (χ2v) is 7.81. The molecule has 0 bridgehead atoms. The van der Waals surface area contributed by atoms with Crippen molar-refractivity contribution in [2.45, 2.75) is 49.7 Å². The molecule has 4 rings (SSSR count). The molecule has 27 heavy (non-hydrogen) atoms. The molecule has 0 saturated heterocycles. The topological polar surface area (TPSA) is 75.6 Å². The van der Waals surface area contributed by atoms with Gasteiger partial charge in [0.2, 0.25) is 0 Å². The minimum absolute atomic E-state index is 0.0618. The Morgan fingerprint density at radius 1 is 1.30 bits per heavy atom. The van der Waals surface area contributed by atoms with Crippen LogP contribution < -0.4 is 5.32 Å². The number of rotatable bonds is 7. The number of thioether (sulfide) groups is 1. The zero-order valence-corrected chi connectivity index (χ0v) is 16.4. The first kappa shape index (κ1) is 18.1. The summed E-state index contributed by atoms with van der Waals surface area (Å²) in [5.74, 6) is 0.986. The van der Waals surface area contributed by atoms with Gasteiger partial charge in [0.1, 0.15) is 11.5 Å². The van der Waals surface area contributed by atoms with E-state index in [0.29, 0.717) is 18.3 Å². The summed E-state index contributed by atoms with van der Waals surface area (Å²) in [6, 6.07) is 10.3. The predicted molar refractivity (Wildman–Crippen MR) is 108 cm³/mol. The van der Waals surface area contributed by atoms with E-state index in [1.807, 2.05) is 30.3 Å². The summed E-state index contributed by atoms with van der Waals surface area (Å²) in [5, 5.41) is 13.8. The third-order valence-corrected chi connectivity index (χ3v) is 5.89. The Bertz CT molecular complexity index is 892. The molecular weight excluding hydrogens is 358 g/mol. The number of nitrogens with zero attached hydrogens (tertiary/aromatic N) is 3. The zero-order chi connectivity index (χ0) is 18.6. The van der Waals surface area contributed by atoms with Gasteiger partial charge in [-0.05, 0) is 37.7 Å². The molecule has 0 radical (unpaired) electrons. The molecule has 0 aliphatic heterocycles. The number of aromatic amines is 1. The van der Waals surface area contributed by atoms with Gasteiger partial charge < -0.3 is 14.9 Å². The lowest BCUT2D eigenvalue weighted by Gasteiger charge is -2.16. The van der Waals surface area contributed by atoms with E-state index in [4.69, 9.17) is 0 Å². The molecule has 142 valence electrons. The maximum atomic E-state index is 12.4. The molecule has 1 amide bonds. The highest BCUT2D eigenvalue weighted by Gasteiger charge is 2.23. The molecule has 2 N–H and O–H groups in total. The third-order valence-electron chi connectivity index (χ3n) is 5.24. The number of amides is 1. The van der Waals surface area contributed by atoms with Gasteiger partial charge in [0.25, 0.3) is 5.91 Å². The van der Waals surface area contributed by atoms with Gasteiger partial charge in [-0.2, -0.15) is 0 Å². The normalized spacial score (nSPS) is 14.9. The Kier molecular flexibility index (Phi) is 5.48. The molecule has 1 saturated carbocycles. The van der Waals surface area contributed by atoms with Crippen LogP contribution in [0.2, 0.25) is 0 Å². The number of carbonyl (C=O) groups is 1. The first-order valence-corrected chi connectivity index (χ1v) is 10.8. The van der Waals surface area contributed by atoms with Gasteiger partial charge >= 0.3 is 0 Å². The van der Waals surface area contributed by atoms with Crippen LogP contribution in [0, 0.1) is 0 Å². The van der Waals surface area contributed by atoms with Gasteiger partial charge in [-0.15, -0.1) is 10.2 Å². The summed E-state index contributed by atoms with van der Waals surface area (Å²) < 4.78 is 2.33. The molecule has 1 aliphatic rings. The Morgan fingerprint density at radius 3 is 2.89 bits per heavy atom. The smallest absolute Gasteiger partial charge is 0.267 e. The minimum Gasteiger partial charge on any atom is -0.351 e. The van der Waals surface area contributed by atoms with Crippen molar-refractivity contribution in [2.24, 2.45) is 0 Å². The number of benzene rings is 1. The van der Waals surface area contributed by atoms with Crippen LogP contribution in [0.1, 0.15) is 54.5 Å². The summed E-state index contributed by atoms with van der Waals surface area (Å²) in [6.07, 6.45) is 8.75. The van der Waals surface area contributed by atoms with Crippen LogP contribution in [-0.4, -0.2) is 38.5 Å². The Balaban J connectivity index is 1.33. The number of H-pyrrole nitrogens is 1. The van der Waals surface area contributed by atoms with E-state index in [1.54, 1.807) is 11.8 Å². The highest BCUT2D eigenvalue weighted by Crippen LogP contribution is 2.33. The molecule has 6 nitrogen and oxygen atoms in total. The maximum Gasteiger partial charge on any atom is 0.267 e. The van der Waals surface area contributed by atoms with Gasteiger partial charge in [0, 0.05) is 29.9 Å². The fraction of sp³-hybridized carbons (Fsp3) is 0.450. The molecule has 0 unspecified atom stereocenters. The third kappa shape index (κ3) is 3.88. The second kappa shape index (κ2) is 8.17. The summed E-state index contributed by atoms with van der Waals surface area (Å²) >= 11 is 1.66. The molecule has 1 aliphatic carbocycles. The average molecular weight is 384 g/mol. The molecule has 1 aromatic carbocycles. The number of aromatic nitrogens is 4. The number of aryl methyl sites for hydroxylation is 1. The van der Waals surface area contributed by atoms with Crippen LogP contribution in [0.4, 0.5) is 0 Å². The van der Waals surface area contributed by atoms with E-state index in [-0.39, 0.29) is 5.91 Å². The van der Waals surface area contributed by atoms with Crippen LogP contribution in [0.25, 0.3) is 10.9 Å². The van der Waals surface area contributed by atoms with E-state index in [1.165, 1.54) is 25.7 Å². The van der Waals surface area contributed by atoms with E-state index in [0.717, 1.165) is 34.7 Å². The molecule has 1 fully saturated rings. The van der Waals surface area contributed by atoms with Gasteiger partial charge in [0.15, 0.2) is 5.16 Å². The largest absolute Gasteiger partial charge is 0.351 e. The van der Waals surface area contributed by atoms with Gasteiger partial charge in [-0.25, -0.2) is 0 Å². The first-order valence-electron chi connectivity index (χ1n) is 9.60. The van der Waals surface area contributed by atoms with Crippen LogP contribution >= 0.6 is 11.8 Å². The van der Waals surface area contributed by atoms with Crippen molar-refractivity contribution in [2.75, 3.05) is 12.8 Å². The van der Waals surface area contributed by atoms with Gasteiger partial charge in [-0.1, -0.05) is 42.8 Å². The summed E-state index contributed by atoms with van der Waals surface area (Å²) in [6.45, 7) is 0.625. The number of para-hydroxylation sites is 1. The van der Waals surface area contributed by atoms with Crippen LogP contribution in [0.15, 0.2) is 35.5 Å². The fourth-order valence-electron chi connectivity index (χ4n) is 3.89. The molecule has 2 aromatic heterocycles. The molecule has 2 heterocycles. The Hall–Kier alpha value is -2.28. The van der Waals surface area contributed by atoms with Crippen molar-refractivity contribution in [1.29, 1.82) is 0 Å². The van der Waals surface area contributed by atoms with E-state index in [9.17, 15) is 4.79 Å². The average Bonchev–Trinajstić information content (AvgIpc) is 3.43. The van der Waals surface area contributed by atoms with Crippen molar-refractivity contribution in [3.8, 4) is 0 Å². The van der Waals surface area contributed by atoms with E-state index >= 15 is 0 Å². The van der Waals surface area contributed by atoms with Crippen molar-refractivity contribution in [1.82, 2.24) is 25.1 Å². The standard InChI is InChI=1S/C20H25N5OS/c1-27-20-24-23-18(25(20)15-8-3-4-9-15)11-6-12-21-19(26)17-13-14-7-2-5-10-16(14)22-17/h2,5,7,10,13,15,22H,3-4,6,8-9,11-12H2,1H3,(H,21,26). The Labute approximate surface area is 163 Å². The van der Waals surface area contributed by atoms with Crippen molar-refractivity contribution < 1.29 is 4.79 Å². The molecular formula is C20H25N5OS. The zero-order valence-electron chi connectivity index (χ0n) is 15.6. The lowest BCUT2D eigenvalue weighted by atomic mass is 10.2. The highest BCUT2D eigenvalue weighted by atomic mass is 32.2. The van der Waals surface area contributed by atoms with Crippen LogP contribution in [-0.2, 0) is 6.42 Å². The van der Waals surface area contributed by atoms with Gasteiger partial charge in [0.05, 0.1) is 0 Å². The molecule has 0 atom stereocenters. The van der Waals surface area contributed by atoms with Crippen LogP contribution in [0.3, 0.4) is 0 Å². The molecule has 3 aromatic rings. The molecule has 7 heteroatoms. The second-order valence-electron chi connectivity index (χ2n) is 7.04.